The number of fused-ring (bicyclic) bond motifs is 1. The van der Waals surface area contributed by atoms with Gasteiger partial charge in [0, 0.05) is 5.39 Å². The quantitative estimate of drug-likeness (QED) is 0.715. The molecule has 3 rings (SSSR count). The highest BCUT2D eigenvalue weighted by Crippen LogP contribution is 2.32. The molecule has 1 unspecified atom stereocenters. The fourth-order valence-corrected chi connectivity index (χ4v) is 2.93. The molecule has 3 aromatic rings. The molecule has 2 nitrogen and oxygen atoms in total. The molecule has 108 valence electrons. The first-order valence-electron chi connectivity index (χ1n) is 6.86. The smallest absolute Gasteiger partial charge is 0.148 e. The van der Waals surface area contributed by atoms with E-state index in [1.165, 1.54) is 12.1 Å². The Hall–Kier alpha value is -1.65. The van der Waals surface area contributed by atoms with Gasteiger partial charge in [0.1, 0.15) is 17.2 Å². The predicted octanol–water partition coefficient (Wildman–Crippen LogP) is 5.03. The summed E-state index contributed by atoms with van der Waals surface area (Å²) in [5.41, 5.74) is 1.67. The monoisotopic (exact) mass is 347 g/mol. The van der Waals surface area contributed by atoms with Crippen LogP contribution in [0.5, 0.6) is 0 Å². The van der Waals surface area contributed by atoms with Crippen molar-refractivity contribution in [3.63, 3.8) is 0 Å². The van der Waals surface area contributed by atoms with E-state index in [1.54, 1.807) is 6.07 Å². The van der Waals surface area contributed by atoms with Gasteiger partial charge in [0.25, 0.3) is 0 Å². The van der Waals surface area contributed by atoms with Crippen LogP contribution in [0, 0.1) is 5.82 Å². The first kappa shape index (κ1) is 14.3. The molecule has 0 aliphatic rings. The summed E-state index contributed by atoms with van der Waals surface area (Å²) in [6.07, 6.45) is 0. The highest BCUT2D eigenvalue weighted by molar-refractivity contribution is 9.10. The minimum atomic E-state index is -0.243. The van der Waals surface area contributed by atoms with Gasteiger partial charge in [-0.1, -0.05) is 31.2 Å². The Morgan fingerprint density at radius 3 is 2.71 bits per heavy atom. The Balaban J connectivity index is 2.09. The minimum Gasteiger partial charge on any atom is -0.458 e. The molecule has 1 aromatic heterocycles. The summed E-state index contributed by atoms with van der Waals surface area (Å²) in [6, 6.07) is 14.4. The SMILES string of the molecule is CCNC(c1cccc(F)c1)c1cc2cccc(Br)c2o1. The molecule has 0 amide bonds. The van der Waals surface area contributed by atoms with E-state index in [4.69, 9.17) is 4.42 Å². The molecule has 4 heteroatoms. The van der Waals surface area contributed by atoms with Gasteiger partial charge in [-0.15, -0.1) is 0 Å². The lowest BCUT2D eigenvalue weighted by molar-refractivity contribution is 0.474. The molecule has 0 saturated heterocycles. The Labute approximate surface area is 131 Å². The third-order valence-corrected chi connectivity index (χ3v) is 4.01. The van der Waals surface area contributed by atoms with Crippen LogP contribution in [0.2, 0.25) is 0 Å². The molecule has 2 aromatic carbocycles. The van der Waals surface area contributed by atoms with Gasteiger partial charge in [0.15, 0.2) is 0 Å². The lowest BCUT2D eigenvalue weighted by Gasteiger charge is -2.15. The van der Waals surface area contributed by atoms with Crippen LogP contribution in [0.4, 0.5) is 4.39 Å². The number of benzene rings is 2. The van der Waals surface area contributed by atoms with Gasteiger partial charge in [0.05, 0.1) is 10.5 Å². The molecule has 0 bridgehead atoms. The molecule has 0 aliphatic heterocycles. The van der Waals surface area contributed by atoms with Crippen LogP contribution in [-0.2, 0) is 0 Å². The predicted molar refractivity (Wildman–Crippen MR) is 85.8 cm³/mol. The van der Waals surface area contributed by atoms with Crippen LogP contribution in [0.15, 0.2) is 57.4 Å². The van der Waals surface area contributed by atoms with E-state index in [2.05, 4.69) is 21.2 Å². The van der Waals surface area contributed by atoms with Crippen molar-refractivity contribution in [2.45, 2.75) is 13.0 Å². The van der Waals surface area contributed by atoms with Crippen molar-refractivity contribution in [3.05, 3.63) is 70.1 Å². The lowest BCUT2D eigenvalue weighted by atomic mass is 10.0. The summed E-state index contributed by atoms with van der Waals surface area (Å²) in [4.78, 5) is 0. The normalized spacial score (nSPS) is 12.7. The zero-order valence-electron chi connectivity index (χ0n) is 11.6. The maximum atomic E-state index is 13.5. The van der Waals surface area contributed by atoms with Crippen LogP contribution < -0.4 is 5.32 Å². The Bertz CT molecular complexity index is 768. The number of hydrogen-bond donors (Lipinski definition) is 1. The van der Waals surface area contributed by atoms with Crippen molar-refractivity contribution in [1.29, 1.82) is 0 Å². The average Bonchev–Trinajstić information content (AvgIpc) is 2.90. The van der Waals surface area contributed by atoms with Crippen LogP contribution >= 0.6 is 15.9 Å². The molecular formula is C17H15BrFNO. The first-order chi connectivity index (χ1) is 10.2. The van der Waals surface area contributed by atoms with Crippen molar-refractivity contribution < 1.29 is 8.81 Å². The van der Waals surface area contributed by atoms with E-state index < -0.39 is 0 Å². The number of furan rings is 1. The molecule has 1 N–H and O–H groups in total. The Kier molecular flexibility index (Phi) is 4.08. The Morgan fingerprint density at radius 2 is 2.00 bits per heavy atom. The van der Waals surface area contributed by atoms with Crippen molar-refractivity contribution in [2.75, 3.05) is 6.54 Å². The standard InChI is InChI=1S/C17H15BrFNO/c1-2-20-16(11-5-3-7-13(19)9-11)15-10-12-6-4-8-14(18)17(12)21-15/h3-10,16,20H,2H2,1H3. The third kappa shape index (κ3) is 2.87. The summed E-state index contributed by atoms with van der Waals surface area (Å²) < 4.78 is 20.4. The maximum Gasteiger partial charge on any atom is 0.148 e. The van der Waals surface area contributed by atoms with Crippen molar-refractivity contribution in [2.24, 2.45) is 0 Å². The van der Waals surface area contributed by atoms with Gasteiger partial charge in [-0.2, -0.15) is 0 Å². The fourth-order valence-electron chi connectivity index (χ4n) is 2.46. The summed E-state index contributed by atoms with van der Waals surface area (Å²) >= 11 is 3.49. The summed E-state index contributed by atoms with van der Waals surface area (Å²) in [5, 5.41) is 4.37. The van der Waals surface area contributed by atoms with E-state index in [1.807, 2.05) is 37.3 Å². The number of nitrogens with one attached hydrogen (secondary N) is 1. The van der Waals surface area contributed by atoms with E-state index in [-0.39, 0.29) is 11.9 Å². The third-order valence-electron chi connectivity index (χ3n) is 3.39. The zero-order valence-corrected chi connectivity index (χ0v) is 13.2. The van der Waals surface area contributed by atoms with Crippen molar-refractivity contribution in [1.82, 2.24) is 5.32 Å². The van der Waals surface area contributed by atoms with Crippen LogP contribution in [0.25, 0.3) is 11.0 Å². The molecule has 0 aliphatic carbocycles. The molecule has 0 fully saturated rings. The van der Waals surface area contributed by atoms with Gasteiger partial charge < -0.3 is 9.73 Å². The van der Waals surface area contributed by atoms with Gasteiger partial charge in [-0.25, -0.2) is 4.39 Å². The van der Waals surface area contributed by atoms with E-state index in [9.17, 15) is 4.39 Å². The van der Waals surface area contributed by atoms with Gasteiger partial charge in [0.2, 0.25) is 0 Å². The highest BCUT2D eigenvalue weighted by atomic mass is 79.9. The minimum absolute atomic E-state index is 0.162. The Morgan fingerprint density at radius 1 is 1.19 bits per heavy atom. The number of para-hydroxylation sites is 1. The molecule has 0 radical (unpaired) electrons. The van der Waals surface area contributed by atoms with Gasteiger partial charge in [-0.3, -0.25) is 0 Å². The number of hydrogen-bond acceptors (Lipinski definition) is 2. The number of rotatable bonds is 4. The highest BCUT2D eigenvalue weighted by Gasteiger charge is 2.18. The molecule has 1 heterocycles. The van der Waals surface area contributed by atoms with Gasteiger partial charge in [-0.05, 0) is 52.3 Å². The largest absolute Gasteiger partial charge is 0.458 e. The molecule has 0 spiro atoms. The second kappa shape index (κ2) is 6.00. The summed E-state index contributed by atoms with van der Waals surface area (Å²) in [6.45, 7) is 2.78. The second-order valence-corrected chi connectivity index (χ2v) is 5.71. The summed E-state index contributed by atoms with van der Waals surface area (Å²) in [5.74, 6) is 0.539. The van der Waals surface area contributed by atoms with E-state index in [0.717, 1.165) is 33.3 Å². The lowest BCUT2D eigenvalue weighted by Crippen LogP contribution is -2.21. The van der Waals surface area contributed by atoms with Crippen molar-refractivity contribution >= 4 is 26.9 Å². The topological polar surface area (TPSA) is 25.2 Å². The molecule has 21 heavy (non-hydrogen) atoms. The van der Waals surface area contributed by atoms with E-state index >= 15 is 0 Å². The zero-order chi connectivity index (χ0) is 14.8. The van der Waals surface area contributed by atoms with Crippen LogP contribution in [-0.4, -0.2) is 6.54 Å². The van der Waals surface area contributed by atoms with Crippen molar-refractivity contribution in [3.8, 4) is 0 Å². The fraction of sp³-hybridized carbons (Fsp3) is 0.176. The van der Waals surface area contributed by atoms with Crippen LogP contribution in [0.3, 0.4) is 0 Å². The molecule has 1 atom stereocenters. The van der Waals surface area contributed by atoms with E-state index in [0.29, 0.717) is 0 Å². The molecule has 0 saturated carbocycles. The molecular weight excluding hydrogens is 333 g/mol. The summed E-state index contributed by atoms with van der Waals surface area (Å²) in [7, 11) is 0. The maximum absolute atomic E-state index is 13.5. The first-order valence-corrected chi connectivity index (χ1v) is 7.65. The van der Waals surface area contributed by atoms with Crippen LogP contribution in [0.1, 0.15) is 24.3 Å². The number of halogens is 2. The average molecular weight is 348 g/mol. The second-order valence-electron chi connectivity index (χ2n) is 4.85. The van der Waals surface area contributed by atoms with Gasteiger partial charge >= 0.3 is 0 Å².